The number of benzene rings is 4. The minimum atomic E-state index is -2.33. The molecule has 3 heteroatoms. The van der Waals surface area contributed by atoms with Gasteiger partial charge in [0, 0.05) is 0 Å². The molecule has 0 heterocycles. The predicted molar refractivity (Wildman–Crippen MR) is 134 cm³/mol. The molecule has 0 amide bonds. The average molecular weight is 646 g/mol. The van der Waals surface area contributed by atoms with Gasteiger partial charge in [-0.1, -0.05) is 0 Å². The number of fused-ring (bicyclic) bond motifs is 2. The summed E-state index contributed by atoms with van der Waals surface area (Å²) in [6, 6.07) is 35.2. The van der Waals surface area contributed by atoms with Crippen molar-refractivity contribution in [1.29, 1.82) is 0 Å². The number of allylic oxidation sites excluding steroid dienone is 2. The Morgan fingerprint density at radius 3 is 1.32 bits per heavy atom. The summed E-state index contributed by atoms with van der Waals surface area (Å²) in [6.07, 6.45) is 9.63. The van der Waals surface area contributed by atoms with Gasteiger partial charge < -0.3 is 24.8 Å². The Labute approximate surface area is 221 Å². The predicted octanol–water partition coefficient (Wildman–Crippen LogP) is 1.91. The molecule has 0 N–H and O–H groups in total. The van der Waals surface area contributed by atoms with Crippen molar-refractivity contribution in [1.82, 2.24) is 0 Å². The van der Waals surface area contributed by atoms with E-state index in [1.54, 1.807) is 0 Å². The molecule has 0 nitrogen and oxygen atoms in total. The van der Waals surface area contributed by atoms with Crippen molar-refractivity contribution < 1.29 is 45.8 Å². The summed E-state index contributed by atoms with van der Waals surface area (Å²) in [5.41, 5.74) is 11.1. The van der Waals surface area contributed by atoms with E-state index in [0.29, 0.717) is 7.35 Å². The Balaban J connectivity index is 0.00000137. The minimum absolute atomic E-state index is 0. The van der Waals surface area contributed by atoms with Crippen LogP contribution in [0.2, 0.25) is 0 Å². The second-order valence-electron chi connectivity index (χ2n) is 8.60. The largest absolute Gasteiger partial charge is 1.00 e. The molecular weight excluding hydrogens is 622 g/mol. The normalized spacial score (nSPS) is 16.6. The molecule has 0 saturated heterocycles. The van der Waals surface area contributed by atoms with E-state index in [-0.39, 0.29) is 24.8 Å². The third kappa shape index (κ3) is 4.26. The van der Waals surface area contributed by atoms with Crippen LogP contribution in [0.4, 0.5) is 0 Å². The Bertz CT molecular complexity index is 1280. The molecule has 4 aromatic rings. The van der Waals surface area contributed by atoms with Crippen molar-refractivity contribution in [2.24, 2.45) is 0 Å². The summed E-state index contributed by atoms with van der Waals surface area (Å²) in [6.45, 7) is 0. The molecule has 166 valence electrons. The topological polar surface area (TPSA) is 0 Å². The summed E-state index contributed by atoms with van der Waals surface area (Å²) in [4.78, 5) is 0. The molecule has 34 heavy (non-hydrogen) atoms. The van der Waals surface area contributed by atoms with E-state index in [0.717, 1.165) is 0 Å². The van der Waals surface area contributed by atoms with Crippen LogP contribution in [0, 0.1) is 0 Å². The Morgan fingerprint density at radius 1 is 0.500 bits per heavy atom. The van der Waals surface area contributed by atoms with Gasteiger partial charge >= 0.3 is 198 Å². The first-order valence-corrected chi connectivity index (χ1v) is 17.9. The molecule has 6 rings (SSSR count). The van der Waals surface area contributed by atoms with Crippen molar-refractivity contribution in [3.63, 3.8) is 0 Å². The summed E-state index contributed by atoms with van der Waals surface area (Å²) >= 11 is -2.33. The molecule has 0 aliphatic heterocycles. The molecular formula is C31H24Cl2Hf. The van der Waals surface area contributed by atoms with Crippen LogP contribution in [0.25, 0.3) is 34.4 Å². The van der Waals surface area contributed by atoms with E-state index in [1.165, 1.54) is 44.5 Å². The Morgan fingerprint density at radius 2 is 0.912 bits per heavy atom. The van der Waals surface area contributed by atoms with E-state index in [1.807, 2.05) is 0 Å². The zero-order valence-corrected chi connectivity index (χ0v) is 23.8. The van der Waals surface area contributed by atoms with Crippen molar-refractivity contribution in [3.8, 4) is 22.3 Å². The zero-order chi connectivity index (χ0) is 21.5. The van der Waals surface area contributed by atoms with Crippen LogP contribution in [0.15, 0.2) is 109 Å². The summed E-state index contributed by atoms with van der Waals surface area (Å²) in [5, 5.41) is 0. The van der Waals surface area contributed by atoms with Gasteiger partial charge in [0.2, 0.25) is 0 Å². The smallest absolute Gasteiger partial charge is 1.00 e. The molecule has 0 radical (unpaired) electrons. The van der Waals surface area contributed by atoms with Gasteiger partial charge in [-0.25, -0.2) is 0 Å². The maximum absolute atomic E-state index is 4.92. The quantitative estimate of drug-likeness (QED) is 0.298. The van der Waals surface area contributed by atoms with Crippen LogP contribution in [0.5, 0.6) is 0 Å². The zero-order valence-electron chi connectivity index (χ0n) is 18.7. The maximum atomic E-state index is 4.92. The van der Waals surface area contributed by atoms with Crippen LogP contribution in [0.1, 0.15) is 29.6 Å². The van der Waals surface area contributed by atoms with Crippen LogP contribution in [-0.2, 0) is 21.0 Å². The fourth-order valence-corrected chi connectivity index (χ4v) is 13.8. The standard InChI is InChI=1S/2C15H11.CH2.2ClH.Hf/c2*1-2-6-12(7-3-1)14-10-4-8-13-9-5-11-15(13)14;;;;/h2*1-11H;1H2;2*1H;/q;;;;;+2/p-2. The minimum Gasteiger partial charge on any atom is -1.00 e. The van der Waals surface area contributed by atoms with E-state index < -0.39 is 21.0 Å². The van der Waals surface area contributed by atoms with Gasteiger partial charge in [-0.3, -0.25) is 0 Å². The molecule has 2 aliphatic carbocycles. The molecule has 2 aliphatic rings. The van der Waals surface area contributed by atoms with E-state index in [2.05, 4.69) is 121 Å². The van der Waals surface area contributed by atoms with E-state index >= 15 is 0 Å². The fourth-order valence-electron chi connectivity index (χ4n) is 5.25. The number of hydrogen-bond donors (Lipinski definition) is 0. The third-order valence-corrected chi connectivity index (χ3v) is 16.2. The summed E-state index contributed by atoms with van der Waals surface area (Å²) < 4.78 is 5.97. The molecule has 4 aromatic carbocycles. The van der Waals surface area contributed by atoms with Crippen molar-refractivity contribution in [2.45, 2.75) is 7.35 Å². The van der Waals surface area contributed by atoms with Crippen LogP contribution >= 0.6 is 0 Å². The first kappa shape index (κ1) is 24.8. The van der Waals surface area contributed by atoms with E-state index in [4.69, 9.17) is 4.26 Å². The third-order valence-electron chi connectivity index (χ3n) is 6.83. The molecule has 0 aromatic heterocycles. The number of halogens is 2. The first-order chi connectivity index (χ1) is 15.8. The molecule has 0 spiro atoms. The second-order valence-corrected chi connectivity index (χ2v) is 17.2. The number of hydrogen-bond acceptors (Lipinski definition) is 0. The van der Waals surface area contributed by atoms with Gasteiger partial charge in [-0.2, -0.15) is 0 Å². The number of rotatable bonds is 4. The molecule has 2 unspecified atom stereocenters. The van der Waals surface area contributed by atoms with Crippen molar-refractivity contribution >= 4 is 16.4 Å². The Hall–Kier alpha value is -2.32. The van der Waals surface area contributed by atoms with Crippen LogP contribution in [0.3, 0.4) is 0 Å². The van der Waals surface area contributed by atoms with Crippen LogP contribution < -0.4 is 24.8 Å². The van der Waals surface area contributed by atoms with Gasteiger partial charge in [-0.05, 0) is 0 Å². The molecule has 2 atom stereocenters. The van der Waals surface area contributed by atoms with Gasteiger partial charge in [0.25, 0.3) is 0 Å². The summed E-state index contributed by atoms with van der Waals surface area (Å²) in [7, 11) is 0. The summed E-state index contributed by atoms with van der Waals surface area (Å²) in [5.74, 6) is 0. The van der Waals surface area contributed by atoms with Gasteiger partial charge in [0.15, 0.2) is 0 Å². The first-order valence-electron chi connectivity index (χ1n) is 11.2. The average Bonchev–Trinajstić information content (AvgIpc) is 3.49. The van der Waals surface area contributed by atoms with Gasteiger partial charge in [-0.15, -0.1) is 0 Å². The SMILES string of the molecule is [CH2]=[Hf+2]([CH]1C=Cc2c(-c3ccccc3)cccc21)[CH]1C=Cc2c(-c3ccccc3)cccc21.[Cl-].[Cl-]. The molecule has 0 saturated carbocycles. The second kappa shape index (κ2) is 10.5. The monoisotopic (exact) mass is 646 g/mol. The van der Waals surface area contributed by atoms with Gasteiger partial charge in [0.05, 0.1) is 0 Å². The Kier molecular flexibility index (Phi) is 7.67. The van der Waals surface area contributed by atoms with Crippen molar-refractivity contribution in [2.75, 3.05) is 0 Å². The van der Waals surface area contributed by atoms with Gasteiger partial charge in [0.1, 0.15) is 0 Å². The van der Waals surface area contributed by atoms with Crippen molar-refractivity contribution in [3.05, 3.63) is 131 Å². The molecule has 0 bridgehead atoms. The fraction of sp³-hybridized carbons (Fsp3) is 0.0645. The van der Waals surface area contributed by atoms with Crippen LogP contribution in [-0.4, -0.2) is 4.26 Å². The molecule has 0 fully saturated rings. The van der Waals surface area contributed by atoms with E-state index in [9.17, 15) is 0 Å². The maximum Gasteiger partial charge on any atom is -1.00 e.